The lowest BCUT2D eigenvalue weighted by Crippen LogP contribution is -2.26. The van der Waals surface area contributed by atoms with E-state index in [-0.39, 0.29) is 0 Å². The van der Waals surface area contributed by atoms with Crippen LogP contribution in [0.5, 0.6) is 0 Å². The SMILES string of the molecule is CCC(O)(c1ccccc1)c1ccc(CCN)cc1. The molecule has 3 N–H and O–H groups in total. The Morgan fingerprint density at radius 2 is 1.53 bits per heavy atom. The molecule has 2 heteroatoms. The fraction of sp³-hybridized carbons (Fsp3) is 0.294. The van der Waals surface area contributed by atoms with Crippen LogP contribution in [0, 0.1) is 0 Å². The standard InChI is InChI=1S/C17H21NO/c1-2-17(19,15-6-4-3-5-7-15)16-10-8-14(9-11-16)12-13-18/h3-11,19H,2,12-13,18H2,1H3. The van der Waals surface area contributed by atoms with Gasteiger partial charge in [-0.2, -0.15) is 0 Å². The molecule has 0 spiro atoms. The molecule has 0 fully saturated rings. The minimum absolute atomic E-state index is 0.646. The van der Waals surface area contributed by atoms with Gasteiger partial charge in [-0.15, -0.1) is 0 Å². The Balaban J connectivity index is 2.36. The van der Waals surface area contributed by atoms with Gasteiger partial charge >= 0.3 is 0 Å². The summed E-state index contributed by atoms with van der Waals surface area (Å²) in [6, 6.07) is 17.9. The molecule has 0 aliphatic rings. The zero-order valence-electron chi connectivity index (χ0n) is 11.3. The third-order valence-corrected chi connectivity index (χ3v) is 3.63. The van der Waals surface area contributed by atoms with Crippen LogP contribution < -0.4 is 5.73 Å². The fourth-order valence-corrected chi connectivity index (χ4v) is 2.40. The summed E-state index contributed by atoms with van der Waals surface area (Å²) in [7, 11) is 0. The van der Waals surface area contributed by atoms with Gasteiger partial charge in [-0.25, -0.2) is 0 Å². The lowest BCUT2D eigenvalue weighted by molar-refractivity contribution is 0.0765. The van der Waals surface area contributed by atoms with E-state index in [2.05, 4.69) is 0 Å². The minimum Gasteiger partial charge on any atom is -0.380 e. The van der Waals surface area contributed by atoms with Crippen molar-refractivity contribution in [3.8, 4) is 0 Å². The van der Waals surface area contributed by atoms with E-state index >= 15 is 0 Å². The van der Waals surface area contributed by atoms with Crippen molar-refractivity contribution in [2.75, 3.05) is 6.54 Å². The summed E-state index contributed by atoms with van der Waals surface area (Å²) in [5, 5.41) is 11.0. The summed E-state index contributed by atoms with van der Waals surface area (Å²) >= 11 is 0. The molecule has 0 bridgehead atoms. The molecule has 2 aromatic carbocycles. The molecule has 0 amide bonds. The van der Waals surface area contributed by atoms with Gasteiger partial charge in [0, 0.05) is 0 Å². The van der Waals surface area contributed by atoms with E-state index < -0.39 is 5.60 Å². The van der Waals surface area contributed by atoms with E-state index in [1.165, 1.54) is 5.56 Å². The van der Waals surface area contributed by atoms with Crippen LogP contribution in [-0.4, -0.2) is 11.7 Å². The van der Waals surface area contributed by atoms with E-state index in [9.17, 15) is 5.11 Å². The first-order chi connectivity index (χ1) is 9.20. The first-order valence-electron chi connectivity index (χ1n) is 6.78. The normalized spacial score (nSPS) is 14.1. The molecule has 2 rings (SSSR count). The highest BCUT2D eigenvalue weighted by Gasteiger charge is 2.28. The first kappa shape index (κ1) is 13.8. The number of nitrogens with two attached hydrogens (primary N) is 1. The maximum absolute atomic E-state index is 11.0. The Hall–Kier alpha value is -1.64. The fourth-order valence-electron chi connectivity index (χ4n) is 2.40. The first-order valence-corrected chi connectivity index (χ1v) is 6.78. The molecule has 0 saturated heterocycles. The van der Waals surface area contributed by atoms with Gasteiger partial charge < -0.3 is 10.8 Å². The number of rotatable bonds is 5. The van der Waals surface area contributed by atoms with Crippen LogP contribution in [0.15, 0.2) is 54.6 Å². The van der Waals surface area contributed by atoms with Gasteiger partial charge in [-0.1, -0.05) is 61.5 Å². The topological polar surface area (TPSA) is 46.2 Å². The van der Waals surface area contributed by atoms with Crippen molar-refractivity contribution in [2.24, 2.45) is 5.73 Å². The Morgan fingerprint density at radius 1 is 0.947 bits per heavy atom. The number of benzene rings is 2. The average molecular weight is 255 g/mol. The summed E-state index contributed by atoms with van der Waals surface area (Å²) in [4.78, 5) is 0. The summed E-state index contributed by atoms with van der Waals surface area (Å²) in [6.07, 6.45) is 1.52. The smallest absolute Gasteiger partial charge is 0.114 e. The maximum atomic E-state index is 11.0. The second-order valence-electron chi connectivity index (χ2n) is 4.82. The largest absolute Gasteiger partial charge is 0.380 e. The van der Waals surface area contributed by atoms with Crippen LogP contribution in [0.2, 0.25) is 0 Å². The molecule has 100 valence electrons. The molecule has 0 aliphatic heterocycles. The van der Waals surface area contributed by atoms with Crippen LogP contribution in [-0.2, 0) is 12.0 Å². The average Bonchev–Trinajstić information content (AvgIpc) is 2.48. The lowest BCUT2D eigenvalue weighted by atomic mass is 9.84. The van der Waals surface area contributed by atoms with Crippen LogP contribution in [0.4, 0.5) is 0 Å². The van der Waals surface area contributed by atoms with Gasteiger partial charge in [0.25, 0.3) is 0 Å². The monoisotopic (exact) mass is 255 g/mol. The molecule has 19 heavy (non-hydrogen) atoms. The van der Waals surface area contributed by atoms with E-state index in [1.807, 2.05) is 61.5 Å². The number of aliphatic hydroxyl groups is 1. The summed E-state index contributed by atoms with van der Waals surface area (Å²) in [5.41, 5.74) is 7.71. The van der Waals surface area contributed by atoms with Crippen LogP contribution in [0.1, 0.15) is 30.0 Å². The van der Waals surface area contributed by atoms with E-state index in [1.54, 1.807) is 0 Å². The molecule has 1 unspecified atom stereocenters. The van der Waals surface area contributed by atoms with Crippen LogP contribution >= 0.6 is 0 Å². The summed E-state index contributed by atoms with van der Waals surface area (Å²) in [5.74, 6) is 0. The molecule has 0 aromatic heterocycles. The highest BCUT2D eigenvalue weighted by molar-refractivity contribution is 5.37. The van der Waals surface area contributed by atoms with E-state index in [0.717, 1.165) is 17.5 Å². The van der Waals surface area contributed by atoms with Gasteiger partial charge in [0.15, 0.2) is 0 Å². The molecule has 1 atom stereocenters. The predicted molar refractivity (Wildman–Crippen MR) is 78.9 cm³/mol. The molecule has 0 radical (unpaired) electrons. The van der Waals surface area contributed by atoms with Crippen molar-refractivity contribution in [3.63, 3.8) is 0 Å². The van der Waals surface area contributed by atoms with Gasteiger partial charge in [-0.05, 0) is 36.1 Å². The highest BCUT2D eigenvalue weighted by Crippen LogP contribution is 2.32. The van der Waals surface area contributed by atoms with E-state index in [4.69, 9.17) is 5.73 Å². The molecule has 2 aromatic rings. The quantitative estimate of drug-likeness (QED) is 0.863. The van der Waals surface area contributed by atoms with Crippen molar-refractivity contribution in [2.45, 2.75) is 25.4 Å². The Morgan fingerprint density at radius 3 is 2.05 bits per heavy atom. The van der Waals surface area contributed by atoms with Crippen molar-refractivity contribution in [1.29, 1.82) is 0 Å². The van der Waals surface area contributed by atoms with Crippen molar-refractivity contribution < 1.29 is 5.11 Å². The Kier molecular flexibility index (Phi) is 4.35. The zero-order chi connectivity index (χ0) is 13.7. The van der Waals surface area contributed by atoms with Crippen LogP contribution in [0.3, 0.4) is 0 Å². The second kappa shape index (κ2) is 6.00. The zero-order valence-corrected chi connectivity index (χ0v) is 11.3. The third kappa shape index (κ3) is 2.86. The van der Waals surface area contributed by atoms with Gasteiger partial charge in [0.05, 0.1) is 0 Å². The minimum atomic E-state index is -0.914. The highest BCUT2D eigenvalue weighted by atomic mass is 16.3. The lowest BCUT2D eigenvalue weighted by Gasteiger charge is -2.28. The molecular weight excluding hydrogens is 234 g/mol. The number of hydrogen-bond acceptors (Lipinski definition) is 2. The van der Waals surface area contributed by atoms with E-state index in [0.29, 0.717) is 13.0 Å². The third-order valence-electron chi connectivity index (χ3n) is 3.63. The summed E-state index contributed by atoms with van der Waals surface area (Å²) < 4.78 is 0. The van der Waals surface area contributed by atoms with Gasteiger partial charge in [0.2, 0.25) is 0 Å². The maximum Gasteiger partial charge on any atom is 0.114 e. The van der Waals surface area contributed by atoms with Crippen molar-refractivity contribution in [3.05, 3.63) is 71.3 Å². The number of hydrogen-bond donors (Lipinski definition) is 2. The van der Waals surface area contributed by atoms with Gasteiger partial charge in [0.1, 0.15) is 5.60 Å². The molecule has 0 saturated carbocycles. The van der Waals surface area contributed by atoms with Gasteiger partial charge in [-0.3, -0.25) is 0 Å². The Labute approximate surface area is 114 Å². The van der Waals surface area contributed by atoms with Crippen molar-refractivity contribution in [1.82, 2.24) is 0 Å². The summed E-state index contributed by atoms with van der Waals surface area (Å²) in [6.45, 7) is 2.65. The van der Waals surface area contributed by atoms with Crippen LogP contribution in [0.25, 0.3) is 0 Å². The Bertz CT molecular complexity index is 507. The molecule has 0 heterocycles. The molecule has 2 nitrogen and oxygen atoms in total. The molecular formula is C17H21NO. The predicted octanol–water partition coefficient (Wildman–Crippen LogP) is 2.83. The molecule has 0 aliphatic carbocycles. The second-order valence-corrected chi connectivity index (χ2v) is 4.82. The van der Waals surface area contributed by atoms with Crippen molar-refractivity contribution >= 4 is 0 Å².